The van der Waals surface area contributed by atoms with Gasteiger partial charge in [-0.25, -0.2) is 0 Å². The molecule has 1 aliphatic carbocycles. The number of fused-ring (bicyclic) bond motifs is 1. The highest BCUT2D eigenvalue weighted by molar-refractivity contribution is 9.10. The van der Waals surface area contributed by atoms with Crippen LogP contribution in [-0.4, -0.2) is 5.11 Å². The number of benzene rings is 2. The third-order valence-corrected chi connectivity index (χ3v) is 4.70. The Morgan fingerprint density at radius 2 is 2.00 bits per heavy atom. The molecule has 0 amide bonds. The van der Waals surface area contributed by atoms with E-state index in [1.54, 1.807) is 6.92 Å². The monoisotopic (exact) mass is 331 g/mol. The Bertz CT molecular complexity index is 624. The molecule has 104 valence electrons. The van der Waals surface area contributed by atoms with Crippen molar-refractivity contribution in [3.05, 3.63) is 63.6 Å². The van der Waals surface area contributed by atoms with Crippen LogP contribution in [0.2, 0.25) is 0 Å². The maximum Gasteiger partial charge on any atom is 0.0781 e. The van der Waals surface area contributed by atoms with Gasteiger partial charge in [0.2, 0.25) is 0 Å². The molecule has 0 bridgehead atoms. The molecular weight excluding hydrogens is 314 g/mol. The molecule has 0 aromatic heterocycles. The van der Waals surface area contributed by atoms with Gasteiger partial charge < -0.3 is 10.4 Å². The van der Waals surface area contributed by atoms with Crippen molar-refractivity contribution < 1.29 is 5.11 Å². The number of nitrogens with one attached hydrogen (secondary N) is 1. The second-order valence-corrected chi connectivity index (χ2v) is 6.16. The highest BCUT2D eigenvalue weighted by Gasteiger charge is 2.24. The van der Waals surface area contributed by atoms with Crippen LogP contribution in [0.3, 0.4) is 0 Å². The summed E-state index contributed by atoms with van der Waals surface area (Å²) in [4.78, 5) is 0. The maximum absolute atomic E-state index is 9.87. The van der Waals surface area contributed by atoms with Crippen molar-refractivity contribution in [3.63, 3.8) is 0 Å². The average Bonchev–Trinajstić information content (AvgIpc) is 2.84. The Hall–Kier alpha value is -1.32. The number of aliphatic hydroxyl groups excluding tert-OH is 1. The first-order chi connectivity index (χ1) is 9.66. The SMILES string of the molecule is CC(O)c1ccccc1NC1CCc2c(Br)cccc21. The van der Waals surface area contributed by atoms with Crippen LogP contribution in [0.4, 0.5) is 5.69 Å². The van der Waals surface area contributed by atoms with Crippen LogP contribution >= 0.6 is 15.9 Å². The molecule has 1 aliphatic rings. The van der Waals surface area contributed by atoms with Gasteiger partial charge in [-0.3, -0.25) is 0 Å². The lowest BCUT2D eigenvalue weighted by atomic mass is 10.1. The smallest absolute Gasteiger partial charge is 0.0781 e. The molecule has 2 aromatic carbocycles. The summed E-state index contributed by atoms with van der Waals surface area (Å²) in [7, 11) is 0. The summed E-state index contributed by atoms with van der Waals surface area (Å²) in [5, 5.41) is 13.5. The van der Waals surface area contributed by atoms with Crippen molar-refractivity contribution >= 4 is 21.6 Å². The van der Waals surface area contributed by atoms with E-state index in [-0.39, 0.29) is 0 Å². The fraction of sp³-hybridized carbons (Fsp3) is 0.294. The largest absolute Gasteiger partial charge is 0.389 e. The summed E-state index contributed by atoms with van der Waals surface area (Å²) < 4.78 is 1.20. The van der Waals surface area contributed by atoms with Gasteiger partial charge in [-0.05, 0) is 43.0 Å². The number of hydrogen-bond acceptors (Lipinski definition) is 2. The van der Waals surface area contributed by atoms with Gasteiger partial charge in [0.15, 0.2) is 0 Å². The average molecular weight is 332 g/mol. The van der Waals surface area contributed by atoms with Crippen LogP contribution in [0.15, 0.2) is 46.9 Å². The predicted octanol–water partition coefficient (Wildman–Crippen LogP) is 4.60. The van der Waals surface area contributed by atoms with E-state index in [2.05, 4.69) is 39.4 Å². The van der Waals surface area contributed by atoms with Crippen molar-refractivity contribution in [2.75, 3.05) is 5.32 Å². The first-order valence-corrected chi connectivity index (χ1v) is 7.77. The van der Waals surface area contributed by atoms with Crippen LogP contribution in [0.1, 0.15) is 42.2 Å². The fourth-order valence-electron chi connectivity index (χ4n) is 2.94. The van der Waals surface area contributed by atoms with Crippen molar-refractivity contribution in [2.24, 2.45) is 0 Å². The summed E-state index contributed by atoms with van der Waals surface area (Å²) in [6, 6.07) is 14.7. The van der Waals surface area contributed by atoms with Gasteiger partial charge in [0.25, 0.3) is 0 Å². The number of hydrogen-bond donors (Lipinski definition) is 2. The first-order valence-electron chi connectivity index (χ1n) is 6.97. The minimum atomic E-state index is -0.456. The molecule has 0 aliphatic heterocycles. The van der Waals surface area contributed by atoms with Crippen molar-refractivity contribution in [2.45, 2.75) is 31.9 Å². The number of aliphatic hydroxyl groups is 1. The molecule has 2 aromatic rings. The normalized spacial score (nSPS) is 18.6. The van der Waals surface area contributed by atoms with Gasteiger partial charge in [0.1, 0.15) is 0 Å². The minimum Gasteiger partial charge on any atom is -0.389 e. The molecule has 20 heavy (non-hydrogen) atoms. The van der Waals surface area contributed by atoms with Gasteiger partial charge in [-0.2, -0.15) is 0 Å². The topological polar surface area (TPSA) is 32.3 Å². The Labute approximate surface area is 128 Å². The standard InChI is InChI=1S/C17H18BrNO/c1-11(20)12-5-2-3-8-16(12)19-17-10-9-13-14(17)6-4-7-15(13)18/h2-8,11,17,19-20H,9-10H2,1H3. The number of anilines is 1. The zero-order valence-electron chi connectivity index (χ0n) is 11.4. The van der Waals surface area contributed by atoms with E-state index < -0.39 is 6.10 Å². The molecule has 0 saturated carbocycles. The molecular formula is C17H18BrNO. The van der Waals surface area contributed by atoms with E-state index in [4.69, 9.17) is 0 Å². The second kappa shape index (κ2) is 5.58. The van der Waals surface area contributed by atoms with E-state index in [0.717, 1.165) is 24.1 Å². The lowest BCUT2D eigenvalue weighted by Crippen LogP contribution is -2.09. The molecule has 2 atom stereocenters. The molecule has 0 heterocycles. The fourth-order valence-corrected chi connectivity index (χ4v) is 3.52. The van der Waals surface area contributed by atoms with Crippen molar-refractivity contribution in [1.29, 1.82) is 0 Å². The highest BCUT2D eigenvalue weighted by atomic mass is 79.9. The molecule has 2 nitrogen and oxygen atoms in total. The summed E-state index contributed by atoms with van der Waals surface area (Å²) in [6.45, 7) is 1.81. The lowest BCUT2D eigenvalue weighted by Gasteiger charge is -2.19. The molecule has 2 unspecified atom stereocenters. The van der Waals surface area contributed by atoms with Crippen molar-refractivity contribution in [1.82, 2.24) is 0 Å². The maximum atomic E-state index is 9.87. The van der Waals surface area contributed by atoms with Crippen LogP contribution in [-0.2, 0) is 6.42 Å². The summed E-state index contributed by atoms with van der Waals surface area (Å²) in [6.07, 6.45) is 1.72. The summed E-state index contributed by atoms with van der Waals surface area (Å²) >= 11 is 3.63. The zero-order valence-corrected chi connectivity index (χ0v) is 13.0. The van der Waals surface area contributed by atoms with Gasteiger partial charge in [0.05, 0.1) is 12.1 Å². The second-order valence-electron chi connectivity index (χ2n) is 5.31. The number of halogens is 1. The van der Waals surface area contributed by atoms with E-state index in [0.29, 0.717) is 6.04 Å². The summed E-state index contributed by atoms with van der Waals surface area (Å²) in [5.74, 6) is 0. The van der Waals surface area contributed by atoms with Gasteiger partial charge in [-0.15, -0.1) is 0 Å². The Kier molecular flexibility index (Phi) is 3.81. The molecule has 0 saturated heterocycles. The lowest BCUT2D eigenvalue weighted by molar-refractivity contribution is 0.200. The molecule has 0 fully saturated rings. The van der Waals surface area contributed by atoms with Crippen LogP contribution in [0.5, 0.6) is 0 Å². The van der Waals surface area contributed by atoms with Gasteiger partial charge in [0, 0.05) is 15.7 Å². The van der Waals surface area contributed by atoms with E-state index in [1.807, 2.05) is 24.3 Å². The van der Waals surface area contributed by atoms with Crippen molar-refractivity contribution in [3.8, 4) is 0 Å². The molecule has 0 radical (unpaired) electrons. The molecule has 0 spiro atoms. The van der Waals surface area contributed by atoms with E-state index in [1.165, 1.54) is 15.6 Å². The van der Waals surface area contributed by atoms with Gasteiger partial charge >= 0.3 is 0 Å². The Morgan fingerprint density at radius 3 is 2.80 bits per heavy atom. The molecule has 3 rings (SSSR count). The third kappa shape index (κ3) is 2.48. The van der Waals surface area contributed by atoms with Gasteiger partial charge in [-0.1, -0.05) is 46.3 Å². The predicted molar refractivity (Wildman–Crippen MR) is 85.9 cm³/mol. The Morgan fingerprint density at radius 1 is 1.20 bits per heavy atom. The minimum absolute atomic E-state index is 0.322. The number of rotatable bonds is 3. The zero-order chi connectivity index (χ0) is 14.1. The number of para-hydroxylation sites is 1. The first kappa shape index (κ1) is 13.7. The van der Waals surface area contributed by atoms with Crippen LogP contribution < -0.4 is 5.32 Å². The third-order valence-electron chi connectivity index (χ3n) is 3.95. The van der Waals surface area contributed by atoms with E-state index in [9.17, 15) is 5.11 Å². The van der Waals surface area contributed by atoms with Crippen LogP contribution in [0.25, 0.3) is 0 Å². The highest BCUT2D eigenvalue weighted by Crippen LogP contribution is 2.38. The van der Waals surface area contributed by atoms with Crippen LogP contribution in [0, 0.1) is 0 Å². The Balaban J connectivity index is 1.90. The van der Waals surface area contributed by atoms with E-state index >= 15 is 0 Å². The molecule has 2 N–H and O–H groups in total. The summed E-state index contributed by atoms with van der Waals surface area (Å²) in [5.41, 5.74) is 4.75. The molecule has 3 heteroatoms. The quantitative estimate of drug-likeness (QED) is 0.861.